The van der Waals surface area contributed by atoms with Crippen LogP contribution >= 0.6 is 11.8 Å². The van der Waals surface area contributed by atoms with Crippen molar-refractivity contribution in [1.82, 2.24) is 5.32 Å². The lowest BCUT2D eigenvalue weighted by Gasteiger charge is -2.22. The number of aliphatic carboxylic acids is 1. The molecule has 1 aliphatic rings. The lowest BCUT2D eigenvalue weighted by atomic mass is 10.0. The highest BCUT2D eigenvalue weighted by atomic mass is 32.2. The van der Waals surface area contributed by atoms with E-state index in [2.05, 4.69) is 5.32 Å². The largest absolute Gasteiger partial charge is 0.480 e. The van der Waals surface area contributed by atoms with Crippen LogP contribution < -0.4 is 11.1 Å². The quantitative estimate of drug-likeness (QED) is 0.621. The first-order chi connectivity index (χ1) is 8.00. The Morgan fingerprint density at radius 2 is 1.94 bits per heavy atom. The van der Waals surface area contributed by atoms with Gasteiger partial charge >= 0.3 is 5.97 Å². The standard InChI is InChI=1S/C10H16N2O4S/c11-8(13)5-7(10(15)16)12-9(14)6-1-3-17-4-2-6/h6-7H,1-5H2,(H2,11,13)(H,12,14)(H,15,16)/t7-/m0/s1. The van der Waals surface area contributed by atoms with Crippen LogP contribution in [-0.4, -0.2) is 40.4 Å². The van der Waals surface area contributed by atoms with Crippen LogP contribution in [0.1, 0.15) is 19.3 Å². The maximum Gasteiger partial charge on any atom is 0.326 e. The molecule has 1 saturated heterocycles. The van der Waals surface area contributed by atoms with E-state index in [1.165, 1.54) is 0 Å². The number of amides is 2. The molecule has 0 saturated carbocycles. The van der Waals surface area contributed by atoms with Crippen molar-refractivity contribution in [3.8, 4) is 0 Å². The lowest BCUT2D eigenvalue weighted by Crippen LogP contribution is -2.46. The van der Waals surface area contributed by atoms with Gasteiger partial charge in [-0.3, -0.25) is 9.59 Å². The Morgan fingerprint density at radius 3 is 2.41 bits per heavy atom. The molecule has 0 aromatic rings. The molecule has 17 heavy (non-hydrogen) atoms. The Balaban J connectivity index is 2.50. The molecule has 2 amide bonds. The number of carbonyl (C=O) groups is 3. The van der Waals surface area contributed by atoms with E-state index in [1.54, 1.807) is 11.8 Å². The summed E-state index contributed by atoms with van der Waals surface area (Å²) in [6.45, 7) is 0. The number of carboxylic acids is 1. The molecule has 0 spiro atoms. The number of nitrogens with two attached hydrogens (primary N) is 1. The summed E-state index contributed by atoms with van der Waals surface area (Å²) in [6, 6.07) is -1.21. The van der Waals surface area contributed by atoms with Gasteiger partial charge in [0, 0.05) is 5.92 Å². The van der Waals surface area contributed by atoms with E-state index in [0.717, 1.165) is 24.3 Å². The summed E-state index contributed by atoms with van der Waals surface area (Å²) < 4.78 is 0. The maximum atomic E-state index is 11.8. The van der Waals surface area contributed by atoms with E-state index in [0.29, 0.717) is 0 Å². The van der Waals surface area contributed by atoms with Crippen molar-refractivity contribution >= 4 is 29.5 Å². The molecule has 1 heterocycles. The van der Waals surface area contributed by atoms with Crippen LogP contribution in [0.3, 0.4) is 0 Å². The minimum atomic E-state index is -1.23. The summed E-state index contributed by atoms with van der Waals surface area (Å²) in [5.74, 6) is -0.596. The number of rotatable bonds is 5. The van der Waals surface area contributed by atoms with Crippen molar-refractivity contribution in [1.29, 1.82) is 0 Å². The van der Waals surface area contributed by atoms with E-state index in [9.17, 15) is 14.4 Å². The van der Waals surface area contributed by atoms with Gasteiger partial charge in [0.2, 0.25) is 11.8 Å². The first kappa shape index (κ1) is 13.8. The zero-order valence-electron chi connectivity index (χ0n) is 9.35. The van der Waals surface area contributed by atoms with Gasteiger partial charge in [-0.15, -0.1) is 0 Å². The molecule has 1 atom stereocenters. The Bertz CT molecular complexity index is 315. The zero-order chi connectivity index (χ0) is 12.8. The second-order valence-electron chi connectivity index (χ2n) is 3.96. The predicted molar refractivity (Wildman–Crippen MR) is 63.4 cm³/mol. The molecule has 0 aliphatic carbocycles. The molecular formula is C10H16N2O4S. The Kier molecular flexibility index (Phi) is 5.27. The summed E-state index contributed by atoms with van der Waals surface area (Å²) in [5, 5.41) is 11.2. The van der Waals surface area contributed by atoms with Crippen molar-refractivity contribution < 1.29 is 19.5 Å². The van der Waals surface area contributed by atoms with E-state index in [-0.39, 0.29) is 18.2 Å². The first-order valence-corrected chi connectivity index (χ1v) is 6.55. The molecule has 1 rings (SSSR count). The summed E-state index contributed by atoms with van der Waals surface area (Å²) in [7, 11) is 0. The van der Waals surface area contributed by atoms with Gasteiger partial charge in [0.15, 0.2) is 0 Å². The second-order valence-corrected chi connectivity index (χ2v) is 5.18. The molecule has 6 nitrogen and oxygen atoms in total. The molecule has 0 bridgehead atoms. The zero-order valence-corrected chi connectivity index (χ0v) is 10.2. The summed E-state index contributed by atoms with van der Waals surface area (Å²) in [6.07, 6.45) is 1.13. The summed E-state index contributed by atoms with van der Waals surface area (Å²) in [4.78, 5) is 33.3. The predicted octanol–water partition coefficient (Wildman–Crippen LogP) is -0.426. The molecule has 1 fully saturated rings. The third-order valence-electron chi connectivity index (χ3n) is 2.61. The highest BCUT2D eigenvalue weighted by Crippen LogP contribution is 2.22. The van der Waals surface area contributed by atoms with Crippen LogP contribution in [0.4, 0.5) is 0 Å². The van der Waals surface area contributed by atoms with Crippen molar-refractivity contribution in [2.45, 2.75) is 25.3 Å². The Labute approximate surface area is 103 Å². The molecule has 0 unspecified atom stereocenters. The van der Waals surface area contributed by atoms with Crippen LogP contribution in [0.15, 0.2) is 0 Å². The lowest BCUT2D eigenvalue weighted by molar-refractivity contribution is -0.144. The smallest absolute Gasteiger partial charge is 0.326 e. The van der Waals surface area contributed by atoms with Gasteiger partial charge < -0.3 is 16.2 Å². The minimum Gasteiger partial charge on any atom is -0.480 e. The Morgan fingerprint density at radius 1 is 1.35 bits per heavy atom. The number of carboxylic acid groups (broad SMARTS) is 1. The van der Waals surface area contributed by atoms with Crippen LogP contribution in [0.2, 0.25) is 0 Å². The average molecular weight is 260 g/mol. The molecule has 1 aliphatic heterocycles. The van der Waals surface area contributed by atoms with Crippen molar-refractivity contribution in [2.75, 3.05) is 11.5 Å². The molecular weight excluding hydrogens is 244 g/mol. The SMILES string of the molecule is NC(=O)C[C@H](NC(=O)C1CCSCC1)C(=O)O. The topological polar surface area (TPSA) is 109 Å². The van der Waals surface area contributed by atoms with E-state index >= 15 is 0 Å². The van der Waals surface area contributed by atoms with Gasteiger partial charge in [0.25, 0.3) is 0 Å². The van der Waals surface area contributed by atoms with Crippen molar-refractivity contribution in [3.63, 3.8) is 0 Å². The number of hydrogen-bond acceptors (Lipinski definition) is 4. The van der Waals surface area contributed by atoms with Gasteiger partial charge in [-0.2, -0.15) is 11.8 Å². The third kappa shape index (κ3) is 4.64. The summed E-state index contributed by atoms with van der Waals surface area (Å²) >= 11 is 1.78. The van der Waals surface area contributed by atoms with Crippen LogP contribution in [0, 0.1) is 5.92 Å². The maximum absolute atomic E-state index is 11.8. The fourth-order valence-electron chi connectivity index (χ4n) is 1.65. The molecule has 0 aromatic heterocycles. The van der Waals surface area contributed by atoms with Gasteiger partial charge in [0.05, 0.1) is 6.42 Å². The van der Waals surface area contributed by atoms with Crippen molar-refractivity contribution in [3.05, 3.63) is 0 Å². The highest BCUT2D eigenvalue weighted by molar-refractivity contribution is 7.99. The van der Waals surface area contributed by atoms with Crippen LogP contribution in [-0.2, 0) is 14.4 Å². The number of carbonyl (C=O) groups excluding carboxylic acids is 2. The summed E-state index contributed by atoms with van der Waals surface area (Å²) in [5.41, 5.74) is 4.93. The normalized spacial score (nSPS) is 18.4. The van der Waals surface area contributed by atoms with E-state index in [1.807, 2.05) is 0 Å². The van der Waals surface area contributed by atoms with E-state index in [4.69, 9.17) is 10.8 Å². The first-order valence-electron chi connectivity index (χ1n) is 5.40. The number of primary amides is 1. The fourth-order valence-corrected chi connectivity index (χ4v) is 2.76. The fraction of sp³-hybridized carbons (Fsp3) is 0.700. The van der Waals surface area contributed by atoms with E-state index < -0.39 is 17.9 Å². The average Bonchev–Trinajstić information content (AvgIpc) is 2.28. The minimum absolute atomic E-state index is 0.147. The van der Waals surface area contributed by atoms with Gasteiger partial charge in [-0.05, 0) is 24.3 Å². The van der Waals surface area contributed by atoms with Gasteiger partial charge in [0.1, 0.15) is 6.04 Å². The number of nitrogens with one attached hydrogen (secondary N) is 1. The Hall–Kier alpha value is -1.24. The van der Waals surface area contributed by atoms with Crippen LogP contribution in [0.25, 0.3) is 0 Å². The number of thioether (sulfide) groups is 1. The molecule has 4 N–H and O–H groups in total. The molecule has 0 radical (unpaired) electrons. The second kappa shape index (κ2) is 6.48. The van der Waals surface area contributed by atoms with Crippen LogP contribution in [0.5, 0.6) is 0 Å². The molecule has 96 valence electrons. The highest BCUT2D eigenvalue weighted by Gasteiger charge is 2.27. The molecule has 0 aromatic carbocycles. The number of hydrogen-bond donors (Lipinski definition) is 3. The van der Waals surface area contributed by atoms with Gasteiger partial charge in [-0.25, -0.2) is 4.79 Å². The monoisotopic (exact) mass is 260 g/mol. The molecule has 7 heteroatoms. The van der Waals surface area contributed by atoms with Gasteiger partial charge in [-0.1, -0.05) is 0 Å². The van der Waals surface area contributed by atoms with Crippen molar-refractivity contribution in [2.24, 2.45) is 11.7 Å². The third-order valence-corrected chi connectivity index (χ3v) is 3.66.